The largest absolute Gasteiger partial charge is 0.464 e. The van der Waals surface area contributed by atoms with E-state index in [-0.39, 0.29) is 48.7 Å². The number of hydrazine groups is 1. The van der Waals surface area contributed by atoms with Gasteiger partial charge in [-0.1, -0.05) is 27.7 Å². The van der Waals surface area contributed by atoms with Crippen LogP contribution in [0.15, 0.2) is 41.1 Å². The first-order valence-electron chi connectivity index (χ1n) is 21.4. The number of esters is 1. The number of aryl methyl sites for hydroxylation is 1. The van der Waals surface area contributed by atoms with Crippen LogP contribution in [0.4, 0.5) is 5.69 Å². The normalized spacial score (nSPS) is 25.7. The zero-order valence-electron chi connectivity index (χ0n) is 35.8. The number of piperazine rings is 1. The fourth-order valence-corrected chi connectivity index (χ4v) is 9.25. The number of methoxy groups -OCH3 is 1. The van der Waals surface area contributed by atoms with Gasteiger partial charge in [0.25, 0.3) is 5.91 Å². The third-order valence-corrected chi connectivity index (χ3v) is 13.2. The van der Waals surface area contributed by atoms with Crippen LogP contribution in [0, 0.1) is 23.2 Å². The van der Waals surface area contributed by atoms with Gasteiger partial charge in [-0.25, -0.2) is 10.4 Å². The maximum Gasteiger partial charge on any atom is 0.324 e. The summed E-state index contributed by atoms with van der Waals surface area (Å²) in [7, 11) is 3.88. The molecule has 1 unspecified atom stereocenters. The number of oxazole rings is 1. The number of anilines is 1. The number of amides is 2. The monoisotopic (exact) mass is 808 g/mol. The van der Waals surface area contributed by atoms with Crippen LogP contribution in [-0.4, -0.2) is 108 Å². The lowest BCUT2D eigenvalue weighted by Gasteiger charge is -2.35. The number of benzene rings is 1. The summed E-state index contributed by atoms with van der Waals surface area (Å²) in [5.74, 6) is -0.105. The van der Waals surface area contributed by atoms with Gasteiger partial charge >= 0.3 is 5.97 Å². The molecule has 59 heavy (non-hydrogen) atoms. The number of aromatic nitrogens is 3. The van der Waals surface area contributed by atoms with Gasteiger partial charge < -0.3 is 33.6 Å². The molecule has 8 rings (SSSR count). The van der Waals surface area contributed by atoms with Crippen molar-refractivity contribution in [2.45, 2.75) is 92.0 Å². The molecule has 1 saturated carbocycles. The highest BCUT2D eigenvalue weighted by Gasteiger charge is 2.49. The molecule has 0 spiro atoms. The summed E-state index contributed by atoms with van der Waals surface area (Å²) in [6, 6.07) is 6.95. The molecule has 3 aliphatic heterocycles. The molecule has 14 heteroatoms. The molecule has 2 amide bonds. The number of fused-ring (bicyclic) bond motifs is 6. The first-order chi connectivity index (χ1) is 28.3. The number of carbonyl (C=O) groups is 3. The summed E-state index contributed by atoms with van der Waals surface area (Å²) in [5, 5.41) is 5.55. The van der Waals surface area contributed by atoms with E-state index in [1.54, 1.807) is 13.4 Å². The highest BCUT2D eigenvalue weighted by molar-refractivity contribution is 5.95. The molecule has 2 N–H and O–H groups in total. The molecule has 316 valence electrons. The fourth-order valence-electron chi connectivity index (χ4n) is 9.25. The van der Waals surface area contributed by atoms with Crippen LogP contribution in [0.1, 0.15) is 77.4 Å². The molecule has 1 aromatic carbocycles. The molecular weight excluding hydrogens is 749 g/mol. The lowest BCUT2D eigenvalue weighted by molar-refractivity contribution is -0.155. The second-order valence-corrected chi connectivity index (χ2v) is 18.0. The number of cyclic esters (lactones) is 1. The molecule has 14 nitrogen and oxygen atoms in total. The molecule has 6 atom stereocenters. The third-order valence-electron chi connectivity index (χ3n) is 13.2. The first-order valence-corrected chi connectivity index (χ1v) is 21.4. The number of carbonyl (C=O) groups excluding carboxylic acids is 3. The molecule has 3 aromatic heterocycles. The average molecular weight is 809 g/mol. The minimum absolute atomic E-state index is 0.131. The van der Waals surface area contributed by atoms with Crippen molar-refractivity contribution in [3.8, 4) is 22.7 Å². The minimum Gasteiger partial charge on any atom is -0.464 e. The molecule has 0 radical (unpaired) electrons. The van der Waals surface area contributed by atoms with Crippen LogP contribution < -0.4 is 15.6 Å². The van der Waals surface area contributed by atoms with E-state index in [1.807, 2.05) is 19.2 Å². The van der Waals surface area contributed by atoms with Crippen molar-refractivity contribution in [1.82, 2.24) is 35.2 Å². The van der Waals surface area contributed by atoms with E-state index in [9.17, 15) is 14.4 Å². The Morgan fingerprint density at radius 1 is 1.10 bits per heavy atom. The van der Waals surface area contributed by atoms with E-state index < -0.39 is 23.5 Å². The number of nitrogens with zero attached hydrogens (tertiary/aromatic N) is 6. The second-order valence-electron chi connectivity index (χ2n) is 18.0. The van der Waals surface area contributed by atoms with Crippen LogP contribution in [-0.2, 0) is 43.2 Å². The molecular formula is C45H60N8O6. The lowest BCUT2D eigenvalue weighted by atomic mass is 9.84. The Labute approximate surface area is 347 Å². The van der Waals surface area contributed by atoms with Gasteiger partial charge in [0.05, 0.1) is 41.7 Å². The van der Waals surface area contributed by atoms with Gasteiger partial charge in [0.1, 0.15) is 18.3 Å². The molecule has 3 fully saturated rings. The average Bonchev–Trinajstić information content (AvgIpc) is 3.50. The predicted molar refractivity (Wildman–Crippen MR) is 225 cm³/mol. The van der Waals surface area contributed by atoms with Gasteiger partial charge in [0, 0.05) is 86.2 Å². The van der Waals surface area contributed by atoms with E-state index >= 15 is 0 Å². The van der Waals surface area contributed by atoms with Crippen molar-refractivity contribution >= 4 is 34.4 Å². The Bertz CT molecular complexity index is 2210. The minimum atomic E-state index is -0.908. The molecule has 1 aliphatic carbocycles. The van der Waals surface area contributed by atoms with E-state index in [4.69, 9.17) is 23.9 Å². The van der Waals surface area contributed by atoms with Gasteiger partial charge in [0.15, 0.2) is 0 Å². The van der Waals surface area contributed by atoms with Crippen molar-refractivity contribution < 1.29 is 28.3 Å². The van der Waals surface area contributed by atoms with Crippen LogP contribution in [0.5, 0.6) is 0 Å². The summed E-state index contributed by atoms with van der Waals surface area (Å²) in [5.41, 5.74) is 10.2. The molecule has 6 bridgehead atoms. The van der Waals surface area contributed by atoms with Crippen molar-refractivity contribution in [2.24, 2.45) is 23.2 Å². The zero-order valence-corrected chi connectivity index (χ0v) is 35.8. The third kappa shape index (κ3) is 8.11. The quantitative estimate of drug-likeness (QED) is 0.232. The second kappa shape index (κ2) is 16.3. The number of hydrogen-bond acceptors (Lipinski definition) is 11. The Balaban J connectivity index is 1.26. The topological polar surface area (TPSA) is 147 Å². The predicted octanol–water partition coefficient (Wildman–Crippen LogP) is 5.39. The number of nitrogens with one attached hydrogen (secondary N) is 2. The van der Waals surface area contributed by atoms with Gasteiger partial charge in [-0.05, 0) is 81.8 Å². The highest BCUT2D eigenvalue weighted by atomic mass is 16.5. The maximum atomic E-state index is 14.2. The highest BCUT2D eigenvalue weighted by Crippen LogP contribution is 2.46. The summed E-state index contributed by atoms with van der Waals surface area (Å²) in [6.45, 7) is 17.6. The van der Waals surface area contributed by atoms with Crippen LogP contribution in [0.2, 0.25) is 0 Å². The van der Waals surface area contributed by atoms with Crippen molar-refractivity contribution in [3.63, 3.8) is 0 Å². The van der Waals surface area contributed by atoms with Gasteiger partial charge in [-0.15, -0.1) is 0 Å². The van der Waals surface area contributed by atoms with Gasteiger partial charge in [0.2, 0.25) is 11.8 Å². The van der Waals surface area contributed by atoms with Gasteiger partial charge in [-0.2, -0.15) is 0 Å². The zero-order chi connectivity index (χ0) is 41.7. The first kappa shape index (κ1) is 41.0. The van der Waals surface area contributed by atoms with Crippen molar-refractivity contribution in [3.05, 3.63) is 53.7 Å². The number of ether oxygens (including phenoxy) is 2. The Morgan fingerprint density at radius 2 is 1.86 bits per heavy atom. The molecule has 4 aliphatic rings. The summed E-state index contributed by atoms with van der Waals surface area (Å²) < 4.78 is 20.6. The van der Waals surface area contributed by atoms with Crippen LogP contribution in [0.25, 0.3) is 33.6 Å². The Hall–Kier alpha value is -4.79. The smallest absolute Gasteiger partial charge is 0.324 e. The molecule has 6 heterocycles. The lowest BCUT2D eigenvalue weighted by Crippen LogP contribution is -2.60. The van der Waals surface area contributed by atoms with Crippen LogP contribution in [0.3, 0.4) is 0 Å². The summed E-state index contributed by atoms with van der Waals surface area (Å²) >= 11 is 0. The number of likely N-dealkylation sites (N-methyl/N-ethyl adjacent to an activating group) is 1. The number of hydrogen-bond donors (Lipinski definition) is 2. The van der Waals surface area contributed by atoms with Crippen molar-refractivity contribution in [2.75, 3.05) is 58.4 Å². The molecule has 2 saturated heterocycles. The van der Waals surface area contributed by atoms with E-state index in [1.165, 1.54) is 5.01 Å². The standard InChI is InChI=1S/C45H60N8O6/c1-9-52-37-13-12-29-19-32(37)34(40(52)33-21-31(23-46-39(33)28(4)57-8)51-17-15-50(7)16-18-51)22-45(5,6)25-59-44(56)35-11-10-14-53(49-35)43(55)36(20-30-24-58-42(29)47-30)48-41(54)38-26(2)27(38)3/h12-13,19,21,23-24,26-28,35-36,38,49H,9-11,14-18,20,22,25H2,1-8H3,(H,48,54)/t26-,27+,28-,35-,36-,38?/m0/s1. The van der Waals surface area contributed by atoms with E-state index in [2.05, 4.69) is 85.0 Å². The maximum absolute atomic E-state index is 14.2. The van der Waals surface area contributed by atoms with Crippen LogP contribution >= 0.6 is 0 Å². The van der Waals surface area contributed by atoms with E-state index in [0.29, 0.717) is 43.9 Å². The number of pyridine rings is 1. The van der Waals surface area contributed by atoms with Crippen molar-refractivity contribution in [1.29, 1.82) is 0 Å². The summed E-state index contributed by atoms with van der Waals surface area (Å²) in [4.78, 5) is 56.2. The fraction of sp³-hybridized carbons (Fsp3) is 0.578. The van der Waals surface area contributed by atoms with E-state index in [0.717, 1.165) is 70.8 Å². The van der Waals surface area contributed by atoms with Gasteiger partial charge in [-0.3, -0.25) is 24.4 Å². The summed E-state index contributed by atoms with van der Waals surface area (Å²) in [6.07, 6.45) is 5.14. The molecule has 4 aromatic rings. The Morgan fingerprint density at radius 3 is 2.58 bits per heavy atom. The SMILES string of the molecule is CCn1c(-c2cc(N3CCN(C)CC3)cnc2[C@H](C)OC)c2c3cc(ccc31)-c1nc(co1)C[C@H](NC(=O)C1[C@@H](C)[C@H]1C)C(=O)N1CCC[C@H](N1)C(=O)OCC(C)(C)C2. The Kier molecular flexibility index (Phi) is 11.3. The number of rotatable bonds is 7.